The normalized spacial score (nSPS) is 14.6. The van der Waals surface area contributed by atoms with Crippen molar-refractivity contribution in [1.82, 2.24) is 19.8 Å². The second-order valence-electron chi connectivity index (χ2n) is 8.52. The summed E-state index contributed by atoms with van der Waals surface area (Å²) in [6.45, 7) is 3.09. The molecule has 10 heteroatoms. The van der Waals surface area contributed by atoms with Crippen LogP contribution in [0, 0.1) is 5.82 Å². The molecule has 1 aliphatic rings. The molecule has 0 aliphatic carbocycles. The van der Waals surface area contributed by atoms with Crippen LogP contribution in [0.3, 0.4) is 0 Å². The van der Waals surface area contributed by atoms with Crippen molar-refractivity contribution in [3.8, 4) is 0 Å². The lowest BCUT2D eigenvalue weighted by atomic mass is 10.1. The van der Waals surface area contributed by atoms with Gasteiger partial charge in [-0.15, -0.1) is 0 Å². The predicted molar refractivity (Wildman–Crippen MR) is 134 cm³/mol. The summed E-state index contributed by atoms with van der Waals surface area (Å²) in [5, 5.41) is 0.655. The molecule has 4 aromatic rings. The van der Waals surface area contributed by atoms with Crippen molar-refractivity contribution < 1.29 is 17.6 Å². The minimum absolute atomic E-state index is 0.0521. The molecule has 36 heavy (non-hydrogen) atoms. The Morgan fingerprint density at radius 1 is 0.917 bits per heavy atom. The number of pyridine rings is 2. The molecule has 1 fully saturated rings. The van der Waals surface area contributed by atoms with E-state index in [-0.39, 0.29) is 22.1 Å². The molecule has 184 valence electrons. The number of hydrogen-bond donors (Lipinski definition) is 1. The third-order valence-corrected chi connectivity index (χ3v) is 7.51. The van der Waals surface area contributed by atoms with Gasteiger partial charge in [-0.1, -0.05) is 24.3 Å². The van der Waals surface area contributed by atoms with Crippen molar-refractivity contribution in [3.05, 3.63) is 96.2 Å². The second kappa shape index (κ2) is 10.00. The number of nitrogens with one attached hydrogen (secondary N) is 1. The Balaban J connectivity index is 1.26. The molecule has 0 unspecified atom stereocenters. The van der Waals surface area contributed by atoms with E-state index < -0.39 is 15.8 Å². The van der Waals surface area contributed by atoms with E-state index in [2.05, 4.69) is 19.6 Å². The molecule has 5 rings (SSSR count). The van der Waals surface area contributed by atoms with Gasteiger partial charge in [0.05, 0.1) is 16.9 Å². The molecule has 1 saturated heterocycles. The van der Waals surface area contributed by atoms with E-state index in [0.717, 1.165) is 11.8 Å². The van der Waals surface area contributed by atoms with Crippen LogP contribution in [0.2, 0.25) is 0 Å². The molecule has 0 bridgehead atoms. The predicted octanol–water partition coefficient (Wildman–Crippen LogP) is 3.53. The molecule has 2 aromatic heterocycles. The molecule has 0 radical (unpaired) electrons. The summed E-state index contributed by atoms with van der Waals surface area (Å²) in [5.74, 6) is -1.12. The van der Waals surface area contributed by atoms with Crippen LogP contribution in [0.15, 0.2) is 84.0 Å². The summed E-state index contributed by atoms with van der Waals surface area (Å²) in [5.41, 5.74) is 1.19. The zero-order chi connectivity index (χ0) is 25.1. The van der Waals surface area contributed by atoms with Crippen LogP contribution in [0.5, 0.6) is 0 Å². The number of carbonyl (C=O) groups excluding carboxylic acids is 1. The zero-order valence-corrected chi connectivity index (χ0v) is 20.2. The lowest BCUT2D eigenvalue weighted by Gasteiger charge is -2.34. The molecule has 2 aromatic carbocycles. The topological polar surface area (TPSA) is 95.5 Å². The number of sulfonamides is 1. The molecule has 0 atom stereocenters. The lowest BCUT2D eigenvalue weighted by Crippen LogP contribution is -2.48. The van der Waals surface area contributed by atoms with Crippen LogP contribution in [0.4, 0.5) is 10.1 Å². The Labute approximate surface area is 208 Å². The van der Waals surface area contributed by atoms with E-state index in [1.807, 2.05) is 18.2 Å². The largest absolute Gasteiger partial charge is 0.336 e. The third kappa shape index (κ3) is 5.05. The fraction of sp³-hybridized carbons (Fsp3) is 0.192. The standard InChI is InChI=1S/C26H24FN5O3S/c27-22-17-20(26(33)32-15-13-31(14-16-32)18-21-7-1-2-11-28-21)9-10-23(22)30-36(34,35)24-8-3-5-19-6-4-12-29-25(19)24/h1-12,17,30H,13-16,18H2. The summed E-state index contributed by atoms with van der Waals surface area (Å²) < 4.78 is 43.2. The Bertz CT molecular complexity index is 1500. The van der Waals surface area contributed by atoms with E-state index in [1.165, 1.54) is 24.4 Å². The lowest BCUT2D eigenvalue weighted by molar-refractivity contribution is 0.0626. The average Bonchev–Trinajstić information content (AvgIpc) is 2.90. The highest BCUT2D eigenvalue weighted by Crippen LogP contribution is 2.25. The Kier molecular flexibility index (Phi) is 6.62. The number of halogens is 1. The van der Waals surface area contributed by atoms with Gasteiger partial charge < -0.3 is 4.90 Å². The highest BCUT2D eigenvalue weighted by Gasteiger charge is 2.24. The summed E-state index contributed by atoms with van der Waals surface area (Å²) in [4.78, 5) is 25.3. The number of aromatic nitrogens is 2. The fourth-order valence-corrected chi connectivity index (χ4v) is 5.48. The van der Waals surface area contributed by atoms with Crippen LogP contribution >= 0.6 is 0 Å². The van der Waals surface area contributed by atoms with Crippen molar-refractivity contribution in [2.24, 2.45) is 0 Å². The van der Waals surface area contributed by atoms with Gasteiger partial charge in [-0.2, -0.15) is 0 Å². The number of fused-ring (bicyclic) bond motifs is 1. The number of hydrogen-bond acceptors (Lipinski definition) is 6. The number of rotatable bonds is 6. The van der Waals surface area contributed by atoms with Gasteiger partial charge in [-0.25, -0.2) is 12.8 Å². The van der Waals surface area contributed by atoms with Crippen LogP contribution in [-0.4, -0.2) is 60.3 Å². The van der Waals surface area contributed by atoms with Gasteiger partial charge >= 0.3 is 0 Å². The van der Waals surface area contributed by atoms with Gasteiger partial charge in [0.1, 0.15) is 10.7 Å². The highest BCUT2D eigenvalue weighted by atomic mass is 32.2. The molecule has 0 spiro atoms. The van der Waals surface area contributed by atoms with Crippen molar-refractivity contribution >= 4 is 32.5 Å². The van der Waals surface area contributed by atoms with Gasteiger partial charge in [-0.05, 0) is 42.5 Å². The van der Waals surface area contributed by atoms with Gasteiger partial charge in [-0.3, -0.25) is 24.4 Å². The van der Waals surface area contributed by atoms with Crippen molar-refractivity contribution in [2.75, 3.05) is 30.9 Å². The Morgan fingerprint density at radius 2 is 1.69 bits per heavy atom. The fourth-order valence-electron chi connectivity index (χ4n) is 4.24. The smallest absolute Gasteiger partial charge is 0.264 e. The monoisotopic (exact) mass is 505 g/mol. The first-order valence-electron chi connectivity index (χ1n) is 11.5. The van der Waals surface area contributed by atoms with Crippen molar-refractivity contribution in [1.29, 1.82) is 0 Å². The maximum absolute atomic E-state index is 14.9. The second-order valence-corrected chi connectivity index (χ2v) is 10.2. The van der Waals surface area contributed by atoms with Gasteiger partial charge in [0.15, 0.2) is 0 Å². The van der Waals surface area contributed by atoms with Crippen molar-refractivity contribution in [3.63, 3.8) is 0 Å². The number of para-hydroxylation sites is 1. The number of carbonyl (C=O) groups is 1. The van der Waals surface area contributed by atoms with E-state index in [4.69, 9.17) is 0 Å². The SMILES string of the molecule is O=C(c1ccc(NS(=O)(=O)c2cccc3cccnc23)c(F)c1)N1CCN(Cc2ccccn2)CC1. The Hall–Kier alpha value is -3.89. The number of benzene rings is 2. The first-order chi connectivity index (χ1) is 17.4. The quantitative estimate of drug-likeness (QED) is 0.431. The number of piperazine rings is 1. The van der Waals surface area contributed by atoms with Crippen LogP contribution in [0.25, 0.3) is 10.9 Å². The van der Waals surface area contributed by atoms with Crippen LogP contribution in [-0.2, 0) is 16.6 Å². The van der Waals surface area contributed by atoms with Crippen LogP contribution in [0.1, 0.15) is 16.1 Å². The zero-order valence-electron chi connectivity index (χ0n) is 19.3. The minimum Gasteiger partial charge on any atom is -0.336 e. The summed E-state index contributed by atoms with van der Waals surface area (Å²) in [7, 11) is -4.11. The van der Waals surface area contributed by atoms with Gasteiger partial charge in [0, 0.05) is 56.1 Å². The highest BCUT2D eigenvalue weighted by molar-refractivity contribution is 7.93. The molecule has 0 saturated carbocycles. The van der Waals surface area contributed by atoms with E-state index in [0.29, 0.717) is 43.6 Å². The van der Waals surface area contributed by atoms with Gasteiger partial charge in [0.2, 0.25) is 0 Å². The number of nitrogens with zero attached hydrogens (tertiary/aromatic N) is 4. The van der Waals surface area contributed by atoms with E-state index in [1.54, 1.807) is 35.4 Å². The third-order valence-electron chi connectivity index (χ3n) is 6.12. The molecule has 3 heterocycles. The molecule has 1 amide bonds. The molecule has 8 nitrogen and oxygen atoms in total. The average molecular weight is 506 g/mol. The Morgan fingerprint density at radius 3 is 2.44 bits per heavy atom. The first-order valence-corrected chi connectivity index (χ1v) is 13.0. The molecule has 1 aliphatic heterocycles. The maximum Gasteiger partial charge on any atom is 0.264 e. The minimum atomic E-state index is -4.11. The van der Waals surface area contributed by atoms with E-state index >= 15 is 0 Å². The number of anilines is 1. The summed E-state index contributed by atoms with van der Waals surface area (Å²) >= 11 is 0. The molecular formula is C26H24FN5O3S. The van der Waals surface area contributed by atoms with E-state index in [9.17, 15) is 17.6 Å². The maximum atomic E-state index is 14.9. The summed E-state index contributed by atoms with van der Waals surface area (Å²) in [6, 6.07) is 17.8. The van der Waals surface area contributed by atoms with Crippen LogP contribution < -0.4 is 4.72 Å². The first kappa shape index (κ1) is 23.8. The van der Waals surface area contributed by atoms with Crippen molar-refractivity contribution in [2.45, 2.75) is 11.4 Å². The molecule has 1 N–H and O–H groups in total. The van der Waals surface area contributed by atoms with Gasteiger partial charge in [0.25, 0.3) is 15.9 Å². The number of amides is 1. The summed E-state index contributed by atoms with van der Waals surface area (Å²) in [6.07, 6.45) is 3.26. The molecular weight excluding hydrogens is 481 g/mol.